The smallest absolute Gasteiger partial charge is 0.341 e. The minimum absolute atomic E-state index is 0. The van der Waals surface area contributed by atoms with Crippen LogP contribution in [0.15, 0.2) is 98.9 Å². The summed E-state index contributed by atoms with van der Waals surface area (Å²) in [7, 11) is -8.83. The van der Waals surface area contributed by atoms with E-state index in [1.807, 2.05) is 0 Å². The van der Waals surface area contributed by atoms with Crippen LogP contribution >= 0.6 is 0 Å². The molecular weight excluding hydrogens is 505 g/mol. The normalized spacial score (nSPS) is 11.9. The standard InChI is InChI=1S/C22H17N3O7S2.Na/c23-17-11-10-14-12-16(33(27,28)29)13-19(26)21(14)22(17)25-24-18-8-4-5-9-20(18)34(30,31)32-15-6-2-1-3-7-15;/h1-13,26H,23H2,(H,27,28,29);. The summed E-state index contributed by atoms with van der Waals surface area (Å²) in [6.07, 6.45) is 0. The maximum Gasteiger partial charge on any atom is 0.341 e. The SMILES string of the molecule is Nc1ccc2cc(S(=O)(=O)O)cc(O)c2c1N=Nc1ccccc1S(=O)(=O)Oc1ccccc1.[Na]. The van der Waals surface area contributed by atoms with Gasteiger partial charge in [-0.15, -0.1) is 10.2 Å². The van der Waals surface area contributed by atoms with Crippen LogP contribution in [0.1, 0.15) is 0 Å². The topological polar surface area (TPSA) is 169 Å². The van der Waals surface area contributed by atoms with Gasteiger partial charge in [0.1, 0.15) is 27.8 Å². The van der Waals surface area contributed by atoms with Crippen LogP contribution < -0.4 is 9.92 Å². The molecular formula is C22H17N3NaO7S2. The van der Waals surface area contributed by atoms with Gasteiger partial charge in [0.25, 0.3) is 10.1 Å². The Hall–Kier alpha value is -3.00. The summed E-state index contributed by atoms with van der Waals surface area (Å²) in [4.78, 5) is -0.765. The van der Waals surface area contributed by atoms with Gasteiger partial charge in [-0.25, -0.2) is 0 Å². The molecule has 0 aliphatic heterocycles. The molecule has 0 spiro atoms. The number of phenolic OH excluding ortho intramolecular Hbond substituents is 1. The molecule has 13 heteroatoms. The fraction of sp³-hybridized carbons (Fsp3) is 0. The van der Waals surface area contributed by atoms with Gasteiger partial charge in [0.15, 0.2) is 0 Å². The molecule has 0 aliphatic carbocycles. The second-order valence-electron chi connectivity index (χ2n) is 7.04. The summed E-state index contributed by atoms with van der Waals surface area (Å²) >= 11 is 0. The number of para-hydroxylation sites is 1. The van der Waals surface area contributed by atoms with E-state index < -0.39 is 30.9 Å². The fourth-order valence-electron chi connectivity index (χ4n) is 3.17. The van der Waals surface area contributed by atoms with Crippen molar-refractivity contribution in [3.8, 4) is 11.5 Å². The van der Waals surface area contributed by atoms with Gasteiger partial charge >= 0.3 is 10.1 Å². The summed E-state index contributed by atoms with van der Waals surface area (Å²) in [5, 5.41) is 18.8. The molecule has 4 rings (SSSR count). The first-order valence-electron chi connectivity index (χ1n) is 9.59. The first kappa shape index (κ1) is 26.6. The minimum Gasteiger partial charge on any atom is -0.507 e. The number of rotatable bonds is 6. The van der Waals surface area contributed by atoms with Crippen molar-refractivity contribution in [2.24, 2.45) is 10.2 Å². The van der Waals surface area contributed by atoms with Crippen LogP contribution in [0, 0.1) is 0 Å². The summed E-state index contributed by atoms with van der Waals surface area (Å²) in [5.74, 6) is -0.396. The number of hydrogen-bond acceptors (Lipinski definition) is 9. The number of hydrogen-bond donors (Lipinski definition) is 3. The molecule has 0 heterocycles. The number of azo groups is 1. The quantitative estimate of drug-likeness (QED) is 0.111. The zero-order valence-corrected chi connectivity index (χ0v) is 21.9. The number of nitrogens with zero attached hydrogens (tertiary/aromatic N) is 2. The molecule has 4 aromatic rings. The van der Waals surface area contributed by atoms with Crippen molar-refractivity contribution < 1.29 is 30.7 Å². The summed E-state index contributed by atoms with van der Waals surface area (Å²) < 4.78 is 63.0. The Bertz CT molecular complexity index is 1640. The largest absolute Gasteiger partial charge is 0.507 e. The van der Waals surface area contributed by atoms with Gasteiger partial charge in [0.2, 0.25) is 0 Å². The van der Waals surface area contributed by atoms with E-state index in [0.717, 1.165) is 12.1 Å². The van der Waals surface area contributed by atoms with E-state index in [1.165, 1.54) is 42.5 Å². The molecule has 0 bridgehead atoms. The molecule has 0 atom stereocenters. The van der Waals surface area contributed by atoms with E-state index >= 15 is 0 Å². The molecule has 0 saturated heterocycles. The second-order valence-corrected chi connectivity index (χ2v) is 9.97. The fourth-order valence-corrected chi connectivity index (χ4v) is 4.77. The third-order valence-corrected chi connectivity index (χ3v) is 6.84. The van der Waals surface area contributed by atoms with Crippen molar-refractivity contribution >= 4 is 77.6 Å². The molecule has 4 N–H and O–H groups in total. The van der Waals surface area contributed by atoms with Gasteiger partial charge in [-0.3, -0.25) is 4.55 Å². The number of benzene rings is 4. The van der Waals surface area contributed by atoms with E-state index in [1.54, 1.807) is 24.3 Å². The van der Waals surface area contributed by atoms with E-state index in [4.69, 9.17) is 9.92 Å². The summed E-state index contributed by atoms with van der Waals surface area (Å²) in [6.45, 7) is 0. The molecule has 0 saturated carbocycles. The van der Waals surface area contributed by atoms with Crippen molar-refractivity contribution in [2.75, 3.05) is 5.73 Å². The predicted octanol–water partition coefficient (Wildman–Crippen LogP) is 4.18. The number of anilines is 1. The molecule has 0 fully saturated rings. The van der Waals surface area contributed by atoms with Gasteiger partial charge in [0, 0.05) is 35.6 Å². The Morgan fingerprint density at radius 3 is 2.17 bits per heavy atom. The zero-order chi connectivity index (χ0) is 24.5. The van der Waals surface area contributed by atoms with Crippen molar-refractivity contribution in [1.29, 1.82) is 0 Å². The maximum atomic E-state index is 12.8. The number of nitrogen functional groups attached to an aromatic ring is 1. The molecule has 0 amide bonds. The molecule has 0 unspecified atom stereocenters. The molecule has 0 aliphatic rings. The Morgan fingerprint density at radius 2 is 1.49 bits per heavy atom. The van der Waals surface area contributed by atoms with Gasteiger partial charge in [-0.05, 0) is 41.8 Å². The van der Waals surface area contributed by atoms with Crippen molar-refractivity contribution in [2.45, 2.75) is 9.79 Å². The van der Waals surface area contributed by atoms with E-state index in [-0.39, 0.29) is 68.0 Å². The van der Waals surface area contributed by atoms with Crippen LogP contribution in [0.4, 0.5) is 17.1 Å². The van der Waals surface area contributed by atoms with Crippen LogP contribution in [-0.2, 0) is 20.2 Å². The molecule has 35 heavy (non-hydrogen) atoms. The van der Waals surface area contributed by atoms with Crippen LogP contribution in [0.2, 0.25) is 0 Å². The average Bonchev–Trinajstić information content (AvgIpc) is 2.78. The monoisotopic (exact) mass is 522 g/mol. The van der Waals surface area contributed by atoms with Gasteiger partial charge in [0.05, 0.1) is 16.0 Å². The summed E-state index contributed by atoms with van der Waals surface area (Å²) in [5.41, 5.74) is 6.01. The Kier molecular flexibility index (Phi) is 7.84. The average molecular weight is 523 g/mol. The third kappa shape index (κ3) is 5.81. The third-order valence-electron chi connectivity index (χ3n) is 4.71. The minimum atomic E-state index is -4.57. The Balaban J connectivity index is 0.00000342. The van der Waals surface area contributed by atoms with Crippen LogP contribution in [0.25, 0.3) is 10.8 Å². The second kappa shape index (κ2) is 10.3. The van der Waals surface area contributed by atoms with Crippen LogP contribution in [-0.4, -0.2) is 56.1 Å². The maximum absolute atomic E-state index is 12.8. The Labute approximate surface area is 223 Å². The zero-order valence-electron chi connectivity index (χ0n) is 18.2. The molecule has 10 nitrogen and oxygen atoms in total. The van der Waals surface area contributed by atoms with E-state index in [2.05, 4.69) is 10.2 Å². The first-order valence-corrected chi connectivity index (χ1v) is 12.4. The van der Waals surface area contributed by atoms with Crippen molar-refractivity contribution in [3.05, 3.63) is 78.9 Å². The van der Waals surface area contributed by atoms with Crippen LogP contribution in [0.3, 0.4) is 0 Å². The number of fused-ring (bicyclic) bond motifs is 1. The van der Waals surface area contributed by atoms with Crippen molar-refractivity contribution in [1.82, 2.24) is 0 Å². The van der Waals surface area contributed by atoms with Gasteiger partial charge in [-0.1, -0.05) is 36.4 Å². The molecule has 175 valence electrons. The van der Waals surface area contributed by atoms with Gasteiger partial charge < -0.3 is 15.0 Å². The predicted molar refractivity (Wildman–Crippen MR) is 130 cm³/mol. The molecule has 1 radical (unpaired) electrons. The number of phenols is 1. The van der Waals surface area contributed by atoms with Crippen LogP contribution in [0.5, 0.6) is 11.5 Å². The van der Waals surface area contributed by atoms with Gasteiger partial charge in [-0.2, -0.15) is 16.8 Å². The molecule has 0 aromatic heterocycles. The number of nitrogens with two attached hydrogens (primary N) is 1. The summed E-state index contributed by atoms with van der Waals surface area (Å²) in [6, 6.07) is 18.5. The first-order chi connectivity index (χ1) is 16.1. The van der Waals surface area contributed by atoms with E-state index in [9.17, 15) is 26.5 Å². The Morgan fingerprint density at radius 1 is 0.829 bits per heavy atom. The number of aromatic hydroxyl groups is 1. The molecule has 4 aromatic carbocycles. The van der Waals surface area contributed by atoms with Crippen molar-refractivity contribution in [3.63, 3.8) is 0 Å². The van der Waals surface area contributed by atoms with E-state index in [0.29, 0.717) is 0 Å².